The fraction of sp³-hybridized carbons (Fsp3) is 0.600. The van der Waals surface area contributed by atoms with Gasteiger partial charge in [-0.25, -0.2) is 0 Å². The van der Waals surface area contributed by atoms with Gasteiger partial charge in [-0.05, 0) is 32.0 Å². The minimum absolute atomic E-state index is 0.305. The van der Waals surface area contributed by atoms with Gasteiger partial charge >= 0.3 is 0 Å². The molecular weight excluding hydrogens is 258 g/mol. The van der Waals surface area contributed by atoms with Crippen LogP contribution in [0.5, 0.6) is 5.75 Å². The second-order valence-electron chi connectivity index (χ2n) is 4.83. The van der Waals surface area contributed by atoms with E-state index in [0.717, 1.165) is 31.9 Å². The molecule has 1 heterocycles. The Kier molecular flexibility index (Phi) is 5.55. The molecule has 0 radical (unpaired) electrons. The summed E-state index contributed by atoms with van der Waals surface area (Å²) in [6.07, 6.45) is 1.14. The van der Waals surface area contributed by atoms with Gasteiger partial charge in [-0.1, -0.05) is 13.0 Å². The zero-order chi connectivity index (χ0) is 13.7. The van der Waals surface area contributed by atoms with Crippen molar-refractivity contribution >= 4 is 11.8 Å². The molecule has 1 saturated heterocycles. The Bertz CT molecular complexity index is 407. The summed E-state index contributed by atoms with van der Waals surface area (Å²) < 4.78 is 10.8. The number of nitrogens with one attached hydrogen (secondary N) is 1. The highest BCUT2D eigenvalue weighted by Crippen LogP contribution is 2.38. The molecule has 3 nitrogen and oxygen atoms in total. The zero-order valence-electron chi connectivity index (χ0n) is 11.9. The van der Waals surface area contributed by atoms with Crippen molar-refractivity contribution in [2.45, 2.75) is 36.5 Å². The predicted octanol–water partition coefficient (Wildman–Crippen LogP) is 3.25. The van der Waals surface area contributed by atoms with Crippen molar-refractivity contribution < 1.29 is 9.47 Å². The zero-order valence-corrected chi connectivity index (χ0v) is 12.8. The summed E-state index contributed by atoms with van der Waals surface area (Å²) in [5, 5.41) is 4.14. The van der Waals surface area contributed by atoms with Crippen molar-refractivity contribution in [3.63, 3.8) is 0 Å². The largest absolute Gasteiger partial charge is 0.496 e. The Morgan fingerprint density at radius 2 is 2.26 bits per heavy atom. The summed E-state index contributed by atoms with van der Waals surface area (Å²) in [5.41, 5.74) is 1.27. The molecule has 1 aromatic rings. The molecule has 1 aromatic carbocycles. The third-order valence-corrected chi connectivity index (χ3v) is 4.50. The maximum absolute atomic E-state index is 5.54. The standard InChI is InChI=1S/C15H23NO2S/c1-4-8-16-11(2)15-13(17-3)6-5-7-14(15)19-12-9-18-10-12/h5-7,11-12,16H,4,8-10H2,1-3H3. The first-order valence-electron chi connectivity index (χ1n) is 6.91. The summed E-state index contributed by atoms with van der Waals surface area (Å²) in [4.78, 5) is 1.31. The van der Waals surface area contributed by atoms with E-state index in [1.54, 1.807) is 7.11 Å². The van der Waals surface area contributed by atoms with Crippen molar-refractivity contribution in [3.8, 4) is 5.75 Å². The summed E-state index contributed by atoms with van der Waals surface area (Å²) in [5.74, 6) is 0.973. The average Bonchev–Trinajstić information content (AvgIpc) is 2.39. The van der Waals surface area contributed by atoms with E-state index in [1.165, 1.54) is 10.5 Å². The highest BCUT2D eigenvalue weighted by Gasteiger charge is 2.23. The molecule has 0 aliphatic carbocycles. The number of ether oxygens (including phenoxy) is 2. The minimum Gasteiger partial charge on any atom is -0.496 e. The van der Waals surface area contributed by atoms with Gasteiger partial charge < -0.3 is 14.8 Å². The van der Waals surface area contributed by atoms with Gasteiger partial charge in [-0.15, -0.1) is 11.8 Å². The third kappa shape index (κ3) is 3.65. The van der Waals surface area contributed by atoms with E-state index in [1.807, 2.05) is 17.8 Å². The van der Waals surface area contributed by atoms with Crippen LogP contribution in [0.25, 0.3) is 0 Å². The molecule has 2 rings (SSSR count). The number of hydrogen-bond donors (Lipinski definition) is 1. The second kappa shape index (κ2) is 7.17. The molecule has 0 aromatic heterocycles. The Morgan fingerprint density at radius 1 is 1.47 bits per heavy atom. The number of benzene rings is 1. The number of rotatable bonds is 7. The summed E-state index contributed by atoms with van der Waals surface area (Å²) in [7, 11) is 1.74. The molecule has 1 unspecified atom stereocenters. The molecule has 1 aliphatic rings. The molecule has 0 amide bonds. The summed E-state index contributed by atoms with van der Waals surface area (Å²) in [6, 6.07) is 6.60. The van der Waals surface area contributed by atoms with Crippen LogP contribution in [-0.2, 0) is 4.74 Å². The quantitative estimate of drug-likeness (QED) is 0.831. The van der Waals surface area contributed by atoms with Crippen LogP contribution in [0.1, 0.15) is 31.9 Å². The smallest absolute Gasteiger partial charge is 0.124 e. The van der Waals surface area contributed by atoms with E-state index in [2.05, 4.69) is 31.3 Å². The molecule has 1 N–H and O–H groups in total. The lowest BCUT2D eigenvalue weighted by Gasteiger charge is -2.28. The number of hydrogen-bond acceptors (Lipinski definition) is 4. The van der Waals surface area contributed by atoms with Gasteiger partial charge in [-0.3, -0.25) is 0 Å². The van der Waals surface area contributed by atoms with Gasteiger partial charge in [0.05, 0.1) is 25.6 Å². The van der Waals surface area contributed by atoms with Crippen LogP contribution < -0.4 is 10.1 Å². The molecular formula is C15H23NO2S. The van der Waals surface area contributed by atoms with Gasteiger partial charge in [-0.2, -0.15) is 0 Å². The molecule has 0 spiro atoms. The van der Waals surface area contributed by atoms with E-state index in [9.17, 15) is 0 Å². The Hall–Kier alpha value is -0.710. The van der Waals surface area contributed by atoms with Crippen molar-refractivity contribution in [1.29, 1.82) is 0 Å². The number of thioether (sulfide) groups is 1. The van der Waals surface area contributed by atoms with Crippen LogP contribution in [0.4, 0.5) is 0 Å². The lowest BCUT2D eigenvalue weighted by Crippen LogP contribution is -2.30. The predicted molar refractivity (Wildman–Crippen MR) is 80.2 cm³/mol. The second-order valence-corrected chi connectivity index (χ2v) is 6.17. The van der Waals surface area contributed by atoms with Gasteiger partial charge in [0.2, 0.25) is 0 Å². The lowest BCUT2D eigenvalue weighted by atomic mass is 10.1. The van der Waals surface area contributed by atoms with Crippen molar-refractivity contribution in [2.75, 3.05) is 26.9 Å². The van der Waals surface area contributed by atoms with E-state index in [-0.39, 0.29) is 0 Å². The van der Waals surface area contributed by atoms with Crippen LogP contribution in [0, 0.1) is 0 Å². The van der Waals surface area contributed by atoms with Crippen molar-refractivity contribution in [2.24, 2.45) is 0 Å². The van der Waals surface area contributed by atoms with Crippen LogP contribution in [-0.4, -0.2) is 32.1 Å². The van der Waals surface area contributed by atoms with Gasteiger partial charge in [0, 0.05) is 16.5 Å². The van der Waals surface area contributed by atoms with Crippen molar-refractivity contribution in [3.05, 3.63) is 23.8 Å². The normalized spacial score (nSPS) is 17.0. The van der Waals surface area contributed by atoms with Crippen LogP contribution in [0.3, 0.4) is 0 Å². The van der Waals surface area contributed by atoms with E-state index in [0.29, 0.717) is 11.3 Å². The van der Waals surface area contributed by atoms with Crippen molar-refractivity contribution in [1.82, 2.24) is 5.32 Å². The first-order valence-corrected chi connectivity index (χ1v) is 7.79. The lowest BCUT2D eigenvalue weighted by molar-refractivity contribution is 0.0455. The molecule has 19 heavy (non-hydrogen) atoms. The van der Waals surface area contributed by atoms with E-state index < -0.39 is 0 Å². The molecule has 0 saturated carbocycles. The maximum Gasteiger partial charge on any atom is 0.124 e. The van der Waals surface area contributed by atoms with Crippen LogP contribution in [0.15, 0.2) is 23.1 Å². The van der Waals surface area contributed by atoms with Crippen LogP contribution in [0.2, 0.25) is 0 Å². The van der Waals surface area contributed by atoms with Gasteiger partial charge in [0.1, 0.15) is 5.75 Å². The fourth-order valence-electron chi connectivity index (χ4n) is 2.16. The van der Waals surface area contributed by atoms with Crippen LogP contribution >= 0.6 is 11.8 Å². The molecule has 0 bridgehead atoms. The molecule has 4 heteroatoms. The highest BCUT2D eigenvalue weighted by molar-refractivity contribution is 8.00. The summed E-state index contributed by atoms with van der Waals surface area (Å²) in [6.45, 7) is 7.13. The molecule has 1 fully saturated rings. The average molecular weight is 281 g/mol. The monoisotopic (exact) mass is 281 g/mol. The van der Waals surface area contributed by atoms with Gasteiger partial charge in [0.15, 0.2) is 0 Å². The Labute approximate surface area is 120 Å². The first kappa shape index (κ1) is 14.7. The van der Waals surface area contributed by atoms with E-state index >= 15 is 0 Å². The van der Waals surface area contributed by atoms with E-state index in [4.69, 9.17) is 9.47 Å². The van der Waals surface area contributed by atoms with Gasteiger partial charge in [0.25, 0.3) is 0 Å². The Balaban J connectivity index is 2.19. The molecule has 1 aliphatic heterocycles. The summed E-state index contributed by atoms with van der Waals surface area (Å²) >= 11 is 1.90. The SMILES string of the molecule is CCCNC(C)c1c(OC)cccc1SC1COC1. The third-order valence-electron chi connectivity index (χ3n) is 3.28. The number of methoxy groups -OCH3 is 1. The topological polar surface area (TPSA) is 30.5 Å². The highest BCUT2D eigenvalue weighted by atomic mass is 32.2. The first-order chi connectivity index (χ1) is 9.26. The molecule has 1 atom stereocenters. The maximum atomic E-state index is 5.54. The molecule has 106 valence electrons. The minimum atomic E-state index is 0.305. The fourth-order valence-corrected chi connectivity index (χ4v) is 3.41. The Morgan fingerprint density at radius 3 is 2.84 bits per heavy atom.